The highest BCUT2D eigenvalue weighted by atomic mass is 35.5. The molecular formula is C23H24ClFN4O3. The number of aromatic nitrogens is 2. The SMILES string of the molecule is CCCCn1c(N)c(N(Cc2ccccc2)C(=O)Cc2c(F)cccc2Cl)c(=O)[nH]c1=O. The molecule has 1 amide bonds. The highest BCUT2D eigenvalue weighted by Gasteiger charge is 2.26. The first-order valence-corrected chi connectivity index (χ1v) is 10.6. The number of aromatic amines is 1. The Morgan fingerprint density at radius 1 is 1.16 bits per heavy atom. The Morgan fingerprint density at radius 3 is 2.53 bits per heavy atom. The molecule has 0 aliphatic rings. The molecule has 9 heteroatoms. The predicted octanol–water partition coefficient (Wildman–Crippen LogP) is 3.49. The second-order valence-electron chi connectivity index (χ2n) is 7.34. The summed E-state index contributed by atoms with van der Waals surface area (Å²) in [6, 6.07) is 13.1. The van der Waals surface area contributed by atoms with Gasteiger partial charge in [0.25, 0.3) is 5.56 Å². The zero-order valence-electron chi connectivity index (χ0n) is 17.6. The maximum atomic E-state index is 14.3. The molecule has 0 saturated heterocycles. The molecule has 0 bridgehead atoms. The second kappa shape index (κ2) is 10.3. The minimum Gasteiger partial charge on any atom is -0.383 e. The number of unbranched alkanes of at least 4 members (excludes halogenated alkanes) is 1. The lowest BCUT2D eigenvalue weighted by molar-refractivity contribution is -0.118. The smallest absolute Gasteiger partial charge is 0.330 e. The van der Waals surface area contributed by atoms with Gasteiger partial charge in [0.2, 0.25) is 5.91 Å². The van der Waals surface area contributed by atoms with E-state index in [1.807, 2.05) is 13.0 Å². The van der Waals surface area contributed by atoms with Crippen LogP contribution < -0.4 is 21.9 Å². The normalized spacial score (nSPS) is 10.8. The van der Waals surface area contributed by atoms with Crippen molar-refractivity contribution in [2.75, 3.05) is 10.6 Å². The Balaban J connectivity index is 2.10. The average molecular weight is 459 g/mol. The number of hydrogen-bond acceptors (Lipinski definition) is 4. The van der Waals surface area contributed by atoms with Crippen LogP contribution in [0.5, 0.6) is 0 Å². The lowest BCUT2D eigenvalue weighted by Gasteiger charge is -2.25. The molecule has 32 heavy (non-hydrogen) atoms. The van der Waals surface area contributed by atoms with Crippen molar-refractivity contribution in [3.8, 4) is 0 Å². The third kappa shape index (κ3) is 5.08. The summed E-state index contributed by atoms with van der Waals surface area (Å²) in [5.41, 5.74) is 5.38. The number of H-pyrrole nitrogens is 1. The molecule has 0 fully saturated rings. The molecule has 7 nitrogen and oxygen atoms in total. The fraction of sp³-hybridized carbons (Fsp3) is 0.261. The zero-order chi connectivity index (χ0) is 23.3. The van der Waals surface area contributed by atoms with Gasteiger partial charge in [-0.15, -0.1) is 0 Å². The minimum absolute atomic E-state index is 0.00497. The molecule has 0 aliphatic heterocycles. The molecule has 3 rings (SSSR count). The van der Waals surface area contributed by atoms with E-state index in [1.54, 1.807) is 24.3 Å². The Hall–Kier alpha value is -3.39. The number of halogens is 2. The number of carbonyl (C=O) groups excluding carboxylic acids is 1. The van der Waals surface area contributed by atoms with Crippen LogP contribution in [-0.2, 0) is 24.3 Å². The third-order valence-electron chi connectivity index (χ3n) is 5.09. The highest BCUT2D eigenvalue weighted by molar-refractivity contribution is 6.31. The van der Waals surface area contributed by atoms with E-state index >= 15 is 0 Å². The molecule has 3 N–H and O–H groups in total. The van der Waals surface area contributed by atoms with Crippen molar-refractivity contribution in [1.29, 1.82) is 0 Å². The maximum Gasteiger partial charge on any atom is 0.330 e. The summed E-state index contributed by atoms with van der Waals surface area (Å²) in [6.45, 7) is 2.25. The van der Waals surface area contributed by atoms with Crippen molar-refractivity contribution in [3.63, 3.8) is 0 Å². The molecule has 0 spiro atoms. The van der Waals surface area contributed by atoms with Gasteiger partial charge in [-0.25, -0.2) is 9.18 Å². The van der Waals surface area contributed by atoms with E-state index < -0.39 is 23.0 Å². The van der Waals surface area contributed by atoms with E-state index in [2.05, 4.69) is 4.98 Å². The molecule has 3 aromatic rings. The van der Waals surface area contributed by atoms with E-state index in [0.717, 1.165) is 12.0 Å². The Bertz CT molecular complexity index is 1200. The Kier molecular flexibility index (Phi) is 7.48. The lowest BCUT2D eigenvalue weighted by Crippen LogP contribution is -2.41. The monoisotopic (exact) mass is 458 g/mol. The van der Waals surface area contributed by atoms with E-state index in [0.29, 0.717) is 6.42 Å². The molecule has 1 aromatic heterocycles. The van der Waals surface area contributed by atoms with E-state index in [9.17, 15) is 18.8 Å². The van der Waals surface area contributed by atoms with Gasteiger partial charge in [-0.1, -0.05) is 61.3 Å². The van der Waals surface area contributed by atoms with Crippen LogP contribution in [0.2, 0.25) is 5.02 Å². The predicted molar refractivity (Wildman–Crippen MR) is 123 cm³/mol. The van der Waals surface area contributed by atoms with Crippen LogP contribution in [0, 0.1) is 5.82 Å². The number of hydrogen-bond donors (Lipinski definition) is 2. The lowest BCUT2D eigenvalue weighted by atomic mass is 10.1. The van der Waals surface area contributed by atoms with Gasteiger partial charge < -0.3 is 5.73 Å². The topological polar surface area (TPSA) is 101 Å². The molecule has 0 unspecified atom stereocenters. The number of nitrogen functional groups attached to an aromatic ring is 1. The van der Waals surface area contributed by atoms with Gasteiger partial charge in [-0.05, 0) is 24.1 Å². The van der Waals surface area contributed by atoms with Crippen LogP contribution >= 0.6 is 11.6 Å². The van der Waals surface area contributed by atoms with Crippen LogP contribution in [-0.4, -0.2) is 15.5 Å². The maximum absolute atomic E-state index is 14.3. The summed E-state index contributed by atoms with van der Waals surface area (Å²) in [4.78, 5) is 41.8. The van der Waals surface area contributed by atoms with Gasteiger partial charge in [0, 0.05) is 17.1 Å². The fourth-order valence-corrected chi connectivity index (χ4v) is 3.61. The minimum atomic E-state index is -0.788. The standard InChI is InChI=1S/C23H24ClFN4O3/c1-2-3-12-28-21(26)20(22(31)27-23(28)32)29(14-15-8-5-4-6-9-15)19(30)13-16-17(24)10-7-11-18(16)25/h4-11H,2-3,12-14,26H2,1H3,(H,27,31,32). The summed E-state index contributed by atoms with van der Waals surface area (Å²) in [5, 5.41) is 0.104. The van der Waals surface area contributed by atoms with Gasteiger partial charge in [0.05, 0.1) is 13.0 Å². The summed E-state index contributed by atoms with van der Waals surface area (Å²) in [5.74, 6) is -1.32. The first-order chi connectivity index (χ1) is 15.3. The molecule has 0 atom stereocenters. The van der Waals surface area contributed by atoms with Gasteiger partial charge in [-0.3, -0.25) is 24.0 Å². The third-order valence-corrected chi connectivity index (χ3v) is 5.45. The quantitative estimate of drug-likeness (QED) is 0.539. The Morgan fingerprint density at radius 2 is 1.88 bits per heavy atom. The first kappa shape index (κ1) is 23.3. The number of nitrogens with one attached hydrogen (secondary N) is 1. The number of amides is 1. The summed E-state index contributed by atoms with van der Waals surface area (Å²) < 4.78 is 15.6. The number of rotatable bonds is 8. The first-order valence-electron chi connectivity index (χ1n) is 10.2. The summed E-state index contributed by atoms with van der Waals surface area (Å²) >= 11 is 6.10. The van der Waals surface area contributed by atoms with Gasteiger partial charge >= 0.3 is 5.69 Å². The molecule has 0 saturated carbocycles. The van der Waals surface area contributed by atoms with Crippen molar-refractivity contribution in [2.45, 2.75) is 39.3 Å². The van der Waals surface area contributed by atoms with Crippen LogP contribution in [0.4, 0.5) is 15.9 Å². The van der Waals surface area contributed by atoms with Crippen molar-refractivity contribution in [1.82, 2.24) is 9.55 Å². The highest BCUT2D eigenvalue weighted by Crippen LogP contribution is 2.24. The molecule has 168 valence electrons. The molecule has 0 radical (unpaired) electrons. The van der Waals surface area contributed by atoms with Gasteiger partial charge in [-0.2, -0.15) is 0 Å². The number of nitrogens with zero attached hydrogens (tertiary/aromatic N) is 2. The molecule has 1 heterocycles. The van der Waals surface area contributed by atoms with Gasteiger partial charge in [0.1, 0.15) is 11.6 Å². The van der Waals surface area contributed by atoms with Crippen LogP contribution in [0.1, 0.15) is 30.9 Å². The number of anilines is 2. The van der Waals surface area contributed by atoms with Gasteiger partial charge in [0.15, 0.2) is 5.69 Å². The molecule has 0 aliphatic carbocycles. The average Bonchev–Trinajstić information content (AvgIpc) is 2.76. The second-order valence-corrected chi connectivity index (χ2v) is 7.75. The fourth-order valence-electron chi connectivity index (χ4n) is 3.38. The van der Waals surface area contributed by atoms with Crippen molar-refractivity contribution in [2.24, 2.45) is 0 Å². The van der Waals surface area contributed by atoms with Crippen LogP contribution in [0.3, 0.4) is 0 Å². The van der Waals surface area contributed by atoms with E-state index in [4.69, 9.17) is 17.3 Å². The molecular weight excluding hydrogens is 435 g/mol. The largest absolute Gasteiger partial charge is 0.383 e. The van der Waals surface area contributed by atoms with E-state index in [1.165, 1.54) is 27.7 Å². The number of carbonyl (C=O) groups is 1. The van der Waals surface area contributed by atoms with Crippen molar-refractivity contribution in [3.05, 3.63) is 91.3 Å². The zero-order valence-corrected chi connectivity index (χ0v) is 18.4. The van der Waals surface area contributed by atoms with Crippen LogP contribution in [0.25, 0.3) is 0 Å². The molecule has 2 aromatic carbocycles. The van der Waals surface area contributed by atoms with Crippen molar-refractivity contribution < 1.29 is 9.18 Å². The van der Waals surface area contributed by atoms with Crippen molar-refractivity contribution >= 4 is 29.0 Å². The summed E-state index contributed by atoms with van der Waals surface area (Å²) in [6.07, 6.45) is 1.08. The summed E-state index contributed by atoms with van der Waals surface area (Å²) in [7, 11) is 0. The van der Waals surface area contributed by atoms with E-state index in [-0.39, 0.29) is 41.6 Å². The number of nitrogens with two attached hydrogens (primary N) is 1. The number of benzene rings is 2. The van der Waals surface area contributed by atoms with Crippen LogP contribution in [0.15, 0.2) is 58.1 Å². The Labute approximate surface area is 189 Å².